The number of nitrogens with one attached hydrogen (secondary N) is 1. The molecule has 1 aromatic carbocycles. The number of likely N-dealkylation sites (tertiary alicyclic amines) is 1. The van der Waals surface area contributed by atoms with Crippen LogP contribution in [-0.2, 0) is 23.9 Å². The molecule has 1 N–H and O–H groups in total. The van der Waals surface area contributed by atoms with Gasteiger partial charge in [0.05, 0.1) is 11.8 Å². The third kappa shape index (κ3) is 5.07. The molecule has 156 valence electrons. The molecule has 0 unspecified atom stereocenters. The van der Waals surface area contributed by atoms with Gasteiger partial charge in [-0.3, -0.25) is 24.1 Å². The fourth-order valence-corrected chi connectivity index (χ4v) is 3.62. The van der Waals surface area contributed by atoms with Crippen LogP contribution in [0.5, 0.6) is 5.75 Å². The summed E-state index contributed by atoms with van der Waals surface area (Å²) in [5.74, 6) is -3.01. The van der Waals surface area contributed by atoms with Gasteiger partial charge in [-0.25, -0.2) is 0 Å². The quantitative estimate of drug-likeness (QED) is 0.545. The lowest BCUT2D eigenvalue weighted by atomic mass is 9.81. The summed E-state index contributed by atoms with van der Waals surface area (Å²) in [5, 5.41) is 2.42. The Morgan fingerprint density at radius 2 is 1.66 bits per heavy atom. The summed E-state index contributed by atoms with van der Waals surface area (Å²) >= 11 is 0. The zero-order valence-electron chi connectivity index (χ0n) is 15.4. The highest BCUT2D eigenvalue weighted by Gasteiger charge is 2.48. The van der Waals surface area contributed by atoms with Gasteiger partial charge in [0.2, 0.25) is 11.8 Å². The van der Waals surface area contributed by atoms with Crippen LogP contribution >= 0.6 is 0 Å². The topological polar surface area (TPSA) is 102 Å². The van der Waals surface area contributed by atoms with Crippen LogP contribution in [0.25, 0.3) is 0 Å². The summed E-state index contributed by atoms with van der Waals surface area (Å²) in [7, 11) is 0. The lowest BCUT2D eigenvalue weighted by Crippen LogP contribution is -2.37. The minimum Gasteiger partial charge on any atom is -0.454 e. The average Bonchev–Trinajstić information content (AvgIpc) is 2.93. The number of esters is 1. The molecule has 0 spiro atoms. The molecule has 2 fully saturated rings. The highest BCUT2D eigenvalue weighted by molar-refractivity contribution is 6.07. The third-order valence-corrected chi connectivity index (χ3v) is 4.95. The first-order valence-electron chi connectivity index (χ1n) is 9.20. The van der Waals surface area contributed by atoms with E-state index in [4.69, 9.17) is 4.74 Å². The van der Waals surface area contributed by atoms with Crippen LogP contribution in [0.3, 0.4) is 0 Å². The van der Waals surface area contributed by atoms with E-state index in [2.05, 4.69) is 10.1 Å². The molecule has 3 amide bonds. The SMILES string of the molecule is O=C(COC(=O)CN1C(=O)[C@H]2CCCC[C@H]2C1=O)Nc1ccc(OC(F)F)cc1. The van der Waals surface area contributed by atoms with Crippen LogP contribution in [0.1, 0.15) is 25.7 Å². The van der Waals surface area contributed by atoms with Crippen molar-refractivity contribution in [2.45, 2.75) is 32.3 Å². The molecule has 1 saturated carbocycles. The Morgan fingerprint density at radius 1 is 1.07 bits per heavy atom. The van der Waals surface area contributed by atoms with Gasteiger partial charge in [-0.1, -0.05) is 12.8 Å². The maximum atomic E-state index is 12.3. The van der Waals surface area contributed by atoms with E-state index >= 15 is 0 Å². The second-order valence-electron chi connectivity index (χ2n) is 6.87. The third-order valence-electron chi connectivity index (χ3n) is 4.95. The van der Waals surface area contributed by atoms with Gasteiger partial charge in [-0.15, -0.1) is 0 Å². The van der Waals surface area contributed by atoms with Gasteiger partial charge in [-0.05, 0) is 37.1 Å². The number of rotatable bonds is 7. The molecule has 0 bridgehead atoms. The first-order valence-corrected chi connectivity index (χ1v) is 9.20. The van der Waals surface area contributed by atoms with E-state index in [1.807, 2.05) is 0 Å². The number of alkyl halides is 2. The number of anilines is 1. The van der Waals surface area contributed by atoms with E-state index in [1.165, 1.54) is 24.3 Å². The number of imide groups is 1. The molecule has 0 aromatic heterocycles. The van der Waals surface area contributed by atoms with E-state index in [-0.39, 0.29) is 29.4 Å². The van der Waals surface area contributed by atoms with Gasteiger partial charge in [0.1, 0.15) is 12.3 Å². The molecule has 1 heterocycles. The minimum absolute atomic E-state index is 0.0649. The standard InChI is InChI=1S/C19H20F2N2O6/c20-19(21)29-12-7-5-11(6-8-12)22-15(24)10-28-16(25)9-23-17(26)13-3-1-2-4-14(13)18(23)27/h5-8,13-14,19H,1-4,9-10H2,(H,22,24)/t13-,14+. The number of amides is 3. The second kappa shape index (κ2) is 8.97. The van der Waals surface area contributed by atoms with Gasteiger partial charge < -0.3 is 14.8 Å². The van der Waals surface area contributed by atoms with Crippen molar-refractivity contribution in [2.75, 3.05) is 18.5 Å². The van der Waals surface area contributed by atoms with Crippen molar-refractivity contribution in [3.05, 3.63) is 24.3 Å². The summed E-state index contributed by atoms with van der Waals surface area (Å²) in [4.78, 5) is 49.4. The molecule has 2 atom stereocenters. The number of fused-ring (bicyclic) bond motifs is 1. The zero-order chi connectivity index (χ0) is 21.0. The molecule has 3 rings (SSSR count). The van der Waals surface area contributed by atoms with Crippen molar-refractivity contribution in [1.29, 1.82) is 0 Å². The van der Waals surface area contributed by atoms with E-state index in [1.54, 1.807) is 0 Å². The van der Waals surface area contributed by atoms with Crippen molar-refractivity contribution >= 4 is 29.4 Å². The summed E-state index contributed by atoms with van der Waals surface area (Å²) in [5.41, 5.74) is 0.293. The van der Waals surface area contributed by atoms with Gasteiger partial charge in [0, 0.05) is 5.69 Å². The zero-order valence-corrected chi connectivity index (χ0v) is 15.4. The van der Waals surface area contributed by atoms with Gasteiger partial charge in [0.15, 0.2) is 6.61 Å². The molecule has 10 heteroatoms. The van der Waals surface area contributed by atoms with Crippen molar-refractivity contribution in [1.82, 2.24) is 4.90 Å². The number of ether oxygens (including phenoxy) is 2. The first kappa shape index (κ1) is 20.7. The number of nitrogens with zero attached hydrogens (tertiary/aromatic N) is 1. The number of halogens is 2. The Bertz CT molecular complexity index is 774. The molecule has 2 aliphatic rings. The Hall–Kier alpha value is -3.04. The van der Waals surface area contributed by atoms with Crippen molar-refractivity contribution < 1.29 is 37.4 Å². The van der Waals surface area contributed by atoms with E-state index in [0.717, 1.165) is 17.7 Å². The molecule has 29 heavy (non-hydrogen) atoms. The van der Waals surface area contributed by atoms with Gasteiger partial charge >= 0.3 is 12.6 Å². The number of carbonyl (C=O) groups is 4. The van der Waals surface area contributed by atoms with Crippen molar-refractivity contribution in [3.8, 4) is 5.75 Å². The fourth-order valence-electron chi connectivity index (χ4n) is 3.62. The van der Waals surface area contributed by atoms with Crippen LogP contribution in [0.2, 0.25) is 0 Å². The summed E-state index contributed by atoms with van der Waals surface area (Å²) in [6.07, 6.45) is 3.05. The molecular weight excluding hydrogens is 390 g/mol. The lowest BCUT2D eigenvalue weighted by Gasteiger charge is -2.19. The summed E-state index contributed by atoms with van der Waals surface area (Å²) in [6.45, 7) is -4.08. The summed E-state index contributed by atoms with van der Waals surface area (Å²) in [6, 6.07) is 5.19. The van der Waals surface area contributed by atoms with Gasteiger partial charge in [0.25, 0.3) is 5.91 Å². The molecule has 1 aromatic rings. The van der Waals surface area contributed by atoms with Crippen LogP contribution in [-0.4, -0.2) is 48.4 Å². The maximum Gasteiger partial charge on any atom is 0.387 e. The Labute approximate surface area is 165 Å². The largest absolute Gasteiger partial charge is 0.454 e. The lowest BCUT2D eigenvalue weighted by molar-refractivity contribution is -0.154. The Kier molecular flexibility index (Phi) is 6.40. The number of hydrogen-bond donors (Lipinski definition) is 1. The monoisotopic (exact) mass is 410 g/mol. The fraction of sp³-hybridized carbons (Fsp3) is 0.474. The molecule has 0 radical (unpaired) electrons. The van der Waals surface area contributed by atoms with Gasteiger partial charge in [-0.2, -0.15) is 8.78 Å². The molecule has 1 aliphatic heterocycles. The maximum absolute atomic E-state index is 12.3. The van der Waals surface area contributed by atoms with Crippen molar-refractivity contribution in [3.63, 3.8) is 0 Å². The second-order valence-corrected chi connectivity index (χ2v) is 6.87. The Morgan fingerprint density at radius 3 is 2.21 bits per heavy atom. The first-order chi connectivity index (χ1) is 13.8. The van der Waals surface area contributed by atoms with Crippen LogP contribution in [0.15, 0.2) is 24.3 Å². The highest BCUT2D eigenvalue weighted by Crippen LogP contribution is 2.37. The van der Waals surface area contributed by atoms with Crippen LogP contribution in [0.4, 0.5) is 14.5 Å². The highest BCUT2D eigenvalue weighted by atomic mass is 19.3. The minimum atomic E-state index is -2.95. The summed E-state index contributed by atoms with van der Waals surface area (Å²) < 4.78 is 33.2. The number of benzene rings is 1. The molecule has 1 aliphatic carbocycles. The van der Waals surface area contributed by atoms with E-state index in [9.17, 15) is 28.0 Å². The number of carbonyl (C=O) groups excluding carboxylic acids is 4. The predicted octanol–water partition coefficient (Wildman–Crippen LogP) is 1.94. The van der Waals surface area contributed by atoms with Crippen LogP contribution < -0.4 is 10.1 Å². The van der Waals surface area contributed by atoms with Crippen molar-refractivity contribution in [2.24, 2.45) is 11.8 Å². The van der Waals surface area contributed by atoms with Crippen LogP contribution in [0, 0.1) is 11.8 Å². The molecular formula is C19H20F2N2O6. The molecule has 1 saturated heterocycles. The average molecular weight is 410 g/mol. The Balaban J connectivity index is 1.45. The molecule has 8 nitrogen and oxygen atoms in total. The number of hydrogen-bond acceptors (Lipinski definition) is 6. The predicted molar refractivity (Wildman–Crippen MR) is 94.8 cm³/mol. The van der Waals surface area contributed by atoms with E-state index < -0.39 is 31.6 Å². The smallest absolute Gasteiger partial charge is 0.387 e. The normalized spacial score (nSPS) is 21.1. The van der Waals surface area contributed by atoms with E-state index in [0.29, 0.717) is 18.5 Å².